The molecule has 0 radical (unpaired) electrons. The number of H-pyrrole nitrogens is 1. The number of pyridine rings is 1. The Morgan fingerprint density at radius 3 is 2.65 bits per heavy atom. The lowest BCUT2D eigenvalue weighted by atomic mass is 9.82. The van der Waals surface area contributed by atoms with E-state index in [1.54, 1.807) is 12.4 Å². The van der Waals surface area contributed by atoms with E-state index in [1.807, 2.05) is 59.7 Å². The zero-order chi connectivity index (χ0) is 21.5. The van der Waals surface area contributed by atoms with Gasteiger partial charge in [-0.15, -0.1) is 0 Å². The number of ether oxygens (including phenoxy) is 1. The van der Waals surface area contributed by atoms with Gasteiger partial charge in [-0.1, -0.05) is 0 Å². The standard InChI is InChI=1S/C24H26N4O3/c1-15(2)31-19-5-3-17(4-6-19)23(29)27-12-16-11-18(14-27)21-8-7-20(22-25-9-10-26-22)24(30)28(21)13-16/h3-10,15-16,18H,11-14H2,1-2H3,(H,25,26)/t16-,18+/m0/s1. The van der Waals surface area contributed by atoms with Crippen LogP contribution in [0.5, 0.6) is 5.75 Å². The second-order valence-corrected chi connectivity index (χ2v) is 8.73. The summed E-state index contributed by atoms with van der Waals surface area (Å²) in [5, 5.41) is 0. The van der Waals surface area contributed by atoms with Crippen LogP contribution in [0.15, 0.2) is 53.6 Å². The minimum absolute atomic E-state index is 0.0114. The molecule has 0 aliphatic carbocycles. The number of imidazole rings is 1. The molecule has 5 rings (SSSR count). The van der Waals surface area contributed by atoms with Gasteiger partial charge in [0.15, 0.2) is 0 Å². The summed E-state index contributed by atoms with van der Waals surface area (Å²) in [6.07, 6.45) is 4.47. The fourth-order valence-corrected chi connectivity index (χ4v) is 4.84. The summed E-state index contributed by atoms with van der Waals surface area (Å²) in [7, 11) is 0. The van der Waals surface area contributed by atoms with E-state index in [2.05, 4.69) is 9.97 Å². The fraction of sp³-hybridized carbons (Fsp3) is 0.375. The molecule has 1 saturated heterocycles. The van der Waals surface area contributed by atoms with Crippen molar-refractivity contribution >= 4 is 5.91 Å². The first-order chi connectivity index (χ1) is 15.0. The molecule has 4 heterocycles. The topological polar surface area (TPSA) is 80.2 Å². The van der Waals surface area contributed by atoms with Crippen molar-refractivity contribution in [3.05, 3.63) is 70.4 Å². The Morgan fingerprint density at radius 1 is 1.13 bits per heavy atom. The maximum Gasteiger partial charge on any atom is 0.261 e. The molecule has 0 unspecified atom stereocenters. The van der Waals surface area contributed by atoms with Gasteiger partial charge in [0.05, 0.1) is 11.7 Å². The summed E-state index contributed by atoms with van der Waals surface area (Å²) in [6, 6.07) is 11.2. The summed E-state index contributed by atoms with van der Waals surface area (Å²) in [5.41, 5.74) is 2.25. The monoisotopic (exact) mass is 418 g/mol. The number of rotatable bonds is 4. The number of nitrogens with zero attached hydrogens (tertiary/aromatic N) is 3. The summed E-state index contributed by atoms with van der Waals surface area (Å²) >= 11 is 0. The average molecular weight is 418 g/mol. The Hall–Kier alpha value is -3.35. The predicted molar refractivity (Wildman–Crippen MR) is 117 cm³/mol. The third-order valence-electron chi connectivity index (χ3n) is 6.12. The van der Waals surface area contributed by atoms with Gasteiger partial charge in [0.25, 0.3) is 11.5 Å². The van der Waals surface area contributed by atoms with Crippen LogP contribution in [-0.4, -0.2) is 44.5 Å². The van der Waals surface area contributed by atoms with E-state index in [9.17, 15) is 9.59 Å². The maximum atomic E-state index is 13.2. The molecule has 7 nitrogen and oxygen atoms in total. The fourth-order valence-electron chi connectivity index (χ4n) is 4.84. The molecule has 31 heavy (non-hydrogen) atoms. The molecule has 160 valence electrons. The van der Waals surface area contributed by atoms with Crippen LogP contribution in [0.3, 0.4) is 0 Å². The van der Waals surface area contributed by atoms with E-state index in [0.717, 1.165) is 17.9 Å². The number of nitrogens with one attached hydrogen (secondary N) is 1. The number of amides is 1. The molecule has 3 aromatic rings. The molecule has 2 aliphatic rings. The van der Waals surface area contributed by atoms with Crippen molar-refractivity contribution in [3.8, 4) is 17.1 Å². The second-order valence-electron chi connectivity index (χ2n) is 8.73. The number of carbonyl (C=O) groups is 1. The average Bonchev–Trinajstić information content (AvgIpc) is 3.28. The smallest absolute Gasteiger partial charge is 0.261 e. The van der Waals surface area contributed by atoms with Gasteiger partial charge in [0.2, 0.25) is 0 Å². The number of benzene rings is 1. The van der Waals surface area contributed by atoms with Crippen LogP contribution in [0.2, 0.25) is 0 Å². The Bertz CT molecular complexity index is 1150. The lowest BCUT2D eigenvalue weighted by Crippen LogP contribution is -2.49. The zero-order valence-electron chi connectivity index (χ0n) is 17.7. The van der Waals surface area contributed by atoms with E-state index in [0.29, 0.717) is 36.6 Å². The molecular formula is C24H26N4O3. The molecule has 2 atom stereocenters. The number of piperidine rings is 1. The van der Waals surface area contributed by atoms with E-state index >= 15 is 0 Å². The first kappa shape index (κ1) is 19.6. The van der Waals surface area contributed by atoms with E-state index in [-0.39, 0.29) is 29.4 Å². The predicted octanol–water partition coefficient (Wildman–Crippen LogP) is 3.29. The Balaban J connectivity index is 1.38. The molecule has 7 heteroatoms. The highest BCUT2D eigenvalue weighted by molar-refractivity contribution is 5.94. The van der Waals surface area contributed by atoms with Crippen molar-refractivity contribution in [2.24, 2.45) is 5.92 Å². The molecule has 2 aromatic heterocycles. The summed E-state index contributed by atoms with van der Waals surface area (Å²) in [6.45, 7) is 5.87. The van der Waals surface area contributed by atoms with Gasteiger partial charge in [-0.25, -0.2) is 4.98 Å². The number of carbonyl (C=O) groups excluding carboxylic acids is 1. The van der Waals surface area contributed by atoms with E-state index < -0.39 is 0 Å². The highest BCUT2D eigenvalue weighted by Gasteiger charge is 2.37. The molecule has 2 bridgehead atoms. The quantitative estimate of drug-likeness (QED) is 0.705. The largest absolute Gasteiger partial charge is 0.491 e. The SMILES string of the molecule is CC(C)Oc1ccc(C(=O)N2C[C@@H]3C[C@H](C2)c2ccc(-c4ncc[nH]4)c(=O)n2C3)cc1. The van der Waals surface area contributed by atoms with Crippen molar-refractivity contribution in [1.29, 1.82) is 0 Å². The molecule has 2 aliphatic heterocycles. The highest BCUT2D eigenvalue weighted by Crippen LogP contribution is 2.36. The molecular weight excluding hydrogens is 392 g/mol. The molecule has 1 fully saturated rings. The number of likely N-dealkylation sites (tertiary alicyclic amines) is 1. The second kappa shape index (κ2) is 7.72. The first-order valence-corrected chi connectivity index (χ1v) is 10.8. The van der Waals surface area contributed by atoms with Gasteiger partial charge in [-0.2, -0.15) is 0 Å². The van der Waals surface area contributed by atoms with Crippen molar-refractivity contribution in [3.63, 3.8) is 0 Å². The lowest BCUT2D eigenvalue weighted by Gasteiger charge is -2.43. The van der Waals surface area contributed by atoms with Gasteiger partial charge >= 0.3 is 0 Å². The van der Waals surface area contributed by atoms with Crippen molar-refractivity contribution in [2.75, 3.05) is 13.1 Å². The minimum Gasteiger partial charge on any atom is -0.491 e. The van der Waals surface area contributed by atoms with Crippen molar-refractivity contribution in [2.45, 2.75) is 38.8 Å². The zero-order valence-corrected chi connectivity index (χ0v) is 17.7. The maximum absolute atomic E-state index is 13.2. The number of aromatic amines is 1. The van der Waals surface area contributed by atoms with Gasteiger partial charge < -0.3 is 19.2 Å². The number of hydrogen-bond donors (Lipinski definition) is 1. The van der Waals surface area contributed by atoms with E-state index in [4.69, 9.17) is 4.74 Å². The lowest BCUT2D eigenvalue weighted by molar-refractivity contribution is 0.0594. The highest BCUT2D eigenvalue weighted by atomic mass is 16.5. The van der Waals surface area contributed by atoms with Crippen LogP contribution in [0.25, 0.3) is 11.4 Å². The molecule has 0 saturated carbocycles. The molecule has 1 N–H and O–H groups in total. The molecule has 1 amide bonds. The summed E-state index contributed by atoms with van der Waals surface area (Å²) in [4.78, 5) is 35.4. The number of fused-ring (bicyclic) bond motifs is 4. The van der Waals surface area contributed by atoms with Gasteiger partial charge in [-0.05, 0) is 62.6 Å². The molecule has 0 spiro atoms. The van der Waals surface area contributed by atoms with Gasteiger partial charge in [-0.3, -0.25) is 9.59 Å². The summed E-state index contributed by atoms with van der Waals surface area (Å²) in [5.74, 6) is 1.83. The normalized spacial score (nSPS) is 19.9. The first-order valence-electron chi connectivity index (χ1n) is 10.8. The molecule has 1 aromatic carbocycles. The Morgan fingerprint density at radius 2 is 1.94 bits per heavy atom. The van der Waals surface area contributed by atoms with E-state index in [1.165, 1.54) is 0 Å². The van der Waals surface area contributed by atoms with Gasteiger partial charge in [0.1, 0.15) is 11.6 Å². The third kappa shape index (κ3) is 3.65. The number of hydrogen-bond acceptors (Lipinski definition) is 4. The van der Waals surface area contributed by atoms with Crippen LogP contribution < -0.4 is 10.3 Å². The van der Waals surface area contributed by atoms with Crippen molar-refractivity contribution in [1.82, 2.24) is 19.4 Å². The van der Waals surface area contributed by atoms with Crippen LogP contribution in [0.4, 0.5) is 0 Å². The van der Waals surface area contributed by atoms with Crippen LogP contribution >= 0.6 is 0 Å². The minimum atomic E-state index is -0.0114. The Labute approximate surface area is 180 Å². The summed E-state index contributed by atoms with van der Waals surface area (Å²) < 4.78 is 7.56. The van der Waals surface area contributed by atoms with Crippen molar-refractivity contribution < 1.29 is 9.53 Å². The third-order valence-corrected chi connectivity index (χ3v) is 6.12. The van der Waals surface area contributed by atoms with Crippen LogP contribution in [0, 0.1) is 5.92 Å². The van der Waals surface area contributed by atoms with Crippen LogP contribution in [-0.2, 0) is 6.54 Å². The number of aromatic nitrogens is 3. The van der Waals surface area contributed by atoms with Crippen LogP contribution in [0.1, 0.15) is 42.2 Å². The van der Waals surface area contributed by atoms with Gasteiger partial charge in [0, 0.05) is 49.2 Å². The Kier molecular flexibility index (Phi) is 4.88.